The molecule has 6 nitrogen and oxygen atoms in total. The zero-order valence-electron chi connectivity index (χ0n) is 16.9. The molecule has 1 saturated heterocycles. The molecule has 0 atom stereocenters. The summed E-state index contributed by atoms with van der Waals surface area (Å²) in [5.74, 6) is -0.258. The average molecular weight is 441 g/mol. The summed E-state index contributed by atoms with van der Waals surface area (Å²) >= 11 is 6.38. The Labute approximate surface area is 184 Å². The number of amides is 1. The molecule has 1 aromatic heterocycles. The van der Waals surface area contributed by atoms with E-state index in [9.17, 15) is 14.0 Å². The van der Waals surface area contributed by atoms with Crippen LogP contribution in [0, 0.1) is 5.82 Å². The van der Waals surface area contributed by atoms with Crippen molar-refractivity contribution in [3.8, 4) is 5.69 Å². The molecule has 8 heteroatoms. The predicted octanol–water partition coefficient (Wildman–Crippen LogP) is 3.31. The van der Waals surface area contributed by atoms with Crippen LogP contribution in [-0.2, 0) is 11.2 Å². The maximum Gasteiger partial charge on any atom is 0.292 e. The van der Waals surface area contributed by atoms with Crippen molar-refractivity contribution in [3.05, 3.63) is 87.6 Å². The number of aryl methyl sites for hydroxylation is 1. The number of carbonyl (C=O) groups excluding carboxylic acids is 1. The van der Waals surface area contributed by atoms with Crippen molar-refractivity contribution >= 4 is 23.2 Å². The molecule has 0 N–H and O–H groups in total. The van der Waals surface area contributed by atoms with Crippen molar-refractivity contribution in [2.75, 3.05) is 31.1 Å². The lowest BCUT2D eigenvalue weighted by Crippen LogP contribution is -2.49. The SMILES string of the molecule is O=C(CCc1cccc(F)c1)N1CCN(c2cnn(-c3ccccc3)c(=O)c2Cl)CC1. The largest absolute Gasteiger partial charge is 0.365 e. The lowest BCUT2D eigenvalue weighted by molar-refractivity contribution is -0.131. The standard InChI is InChI=1S/C23H22ClFN4O2/c24-22-20(16-26-29(23(22)31)19-7-2-1-3-8-19)27-11-13-28(14-12-27)21(30)10-9-17-5-4-6-18(25)15-17/h1-8,15-16H,9-14H2. The van der Waals surface area contributed by atoms with E-state index in [-0.39, 0.29) is 22.3 Å². The Hall–Kier alpha value is -3.19. The van der Waals surface area contributed by atoms with Crippen LogP contribution in [0.4, 0.5) is 10.1 Å². The molecule has 0 unspecified atom stereocenters. The molecular formula is C23H22ClFN4O2. The first-order chi connectivity index (χ1) is 15.0. The lowest BCUT2D eigenvalue weighted by atomic mass is 10.1. The third kappa shape index (κ3) is 4.77. The number of hydrogen-bond acceptors (Lipinski definition) is 4. The first-order valence-electron chi connectivity index (χ1n) is 10.1. The number of carbonyl (C=O) groups is 1. The highest BCUT2D eigenvalue weighted by Crippen LogP contribution is 2.23. The molecule has 1 amide bonds. The zero-order valence-corrected chi connectivity index (χ0v) is 17.6. The minimum Gasteiger partial charge on any atom is -0.365 e. The van der Waals surface area contributed by atoms with Gasteiger partial charge in [0.25, 0.3) is 5.56 Å². The Bertz CT molecular complexity index is 1130. The minimum absolute atomic E-state index is 0.0348. The fourth-order valence-corrected chi connectivity index (χ4v) is 3.94. The fourth-order valence-electron chi connectivity index (χ4n) is 3.70. The van der Waals surface area contributed by atoms with Gasteiger partial charge in [-0.3, -0.25) is 9.59 Å². The van der Waals surface area contributed by atoms with Crippen LogP contribution in [0.15, 0.2) is 65.6 Å². The summed E-state index contributed by atoms with van der Waals surface area (Å²) in [5.41, 5.74) is 1.66. The van der Waals surface area contributed by atoms with Gasteiger partial charge in [0, 0.05) is 32.6 Å². The second-order valence-corrected chi connectivity index (χ2v) is 7.77. The van der Waals surface area contributed by atoms with Crippen LogP contribution >= 0.6 is 11.6 Å². The van der Waals surface area contributed by atoms with E-state index in [1.165, 1.54) is 16.8 Å². The van der Waals surface area contributed by atoms with Gasteiger partial charge >= 0.3 is 0 Å². The lowest BCUT2D eigenvalue weighted by Gasteiger charge is -2.36. The first kappa shape index (κ1) is 21.1. The molecule has 0 saturated carbocycles. The van der Waals surface area contributed by atoms with E-state index in [0.717, 1.165) is 5.56 Å². The molecule has 0 radical (unpaired) electrons. The van der Waals surface area contributed by atoms with Crippen molar-refractivity contribution < 1.29 is 9.18 Å². The Morgan fingerprint density at radius 3 is 2.48 bits per heavy atom. The molecule has 2 heterocycles. The van der Waals surface area contributed by atoms with E-state index in [1.807, 2.05) is 29.2 Å². The number of piperazine rings is 1. The van der Waals surface area contributed by atoms with Crippen LogP contribution in [0.5, 0.6) is 0 Å². The van der Waals surface area contributed by atoms with Crippen LogP contribution in [0.25, 0.3) is 5.69 Å². The number of benzene rings is 2. The highest BCUT2D eigenvalue weighted by Gasteiger charge is 2.24. The summed E-state index contributed by atoms with van der Waals surface area (Å²) in [6.07, 6.45) is 2.43. The maximum atomic E-state index is 13.3. The number of halogens is 2. The molecule has 2 aromatic carbocycles. The monoisotopic (exact) mass is 440 g/mol. The first-order valence-corrected chi connectivity index (χ1v) is 10.5. The average Bonchev–Trinajstić information content (AvgIpc) is 2.80. The Morgan fingerprint density at radius 2 is 1.77 bits per heavy atom. The second kappa shape index (κ2) is 9.31. The van der Waals surface area contributed by atoms with Crippen molar-refractivity contribution in [1.82, 2.24) is 14.7 Å². The molecular weight excluding hydrogens is 419 g/mol. The Balaban J connectivity index is 1.38. The van der Waals surface area contributed by atoms with Gasteiger partial charge in [-0.1, -0.05) is 41.9 Å². The van der Waals surface area contributed by atoms with Crippen LogP contribution in [0.3, 0.4) is 0 Å². The highest BCUT2D eigenvalue weighted by molar-refractivity contribution is 6.33. The molecule has 0 spiro atoms. The van der Waals surface area contributed by atoms with Gasteiger partial charge in [-0.25, -0.2) is 4.39 Å². The summed E-state index contributed by atoms with van der Waals surface area (Å²) in [4.78, 5) is 29.0. The van der Waals surface area contributed by atoms with E-state index in [1.54, 1.807) is 29.3 Å². The summed E-state index contributed by atoms with van der Waals surface area (Å²) in [6, 6.07) is 15.4. The number of anilines is 1. The van der Waals surface area contributed by atoms with Gasteiger partial charge in [0.1, 0.15) is 10.8 Å². The quantitative estimate of drug-likeness (QED) is 0.610. The number of aromatic nitrogens is 2. The fraction of sp³-hybridized carbons (Fsp3) is 0.261. The van der Waals surface area contributed by atoms with Crippen molar-refractivity contribution in [1.29, 1.82) is 0 Å². The molecule has 1 aliphatic heterocycles. The smallest absolute Gasteiger partial charge is 0.292 e. The molecule has 160 valence electrons. The molecule has 3 aromatic rings. The minimum atomic E-state index is -0.376. The third-order valence-corrected chi connectivity index (χ3v) is 5.75. The Morgan fingerprint density at radius 1 is 1.03 bits per heavy atom. The van der Waals surface area contributed by atoms with Crippen molar-refractivity contribution in [2.45, 2.75) is 12.8 Å². The molecule has 0 bridgehead atoms. The van der Waals surface area contributed by atoms with E-state index in [0.29, 0.717) is 50.4 Å². The number of rotatable bonds is 5. The van der Waals surface area contributed by atoms with Gasteiger partial charge in [0.05, 0.1) is 17.6 Å². The molecule has 31 heavy (non-hydrogen) atoms. The van der Waals surface area contributed by atoms with Crippen LogP contribution < -0.4 is 10.5 Å². The van der Waals surface area contributed by atoms with Crippen molar-refractivity contribution in [3.63, 3.8) is 0 Å². The summed E-state index contributed by atoms with van der Waals surface area (Å²) in [7, 11) is 0. The molecule has 1 aliphatic rings. The van der Waals surface area contributed by atoms with Gasteiger partial charge < -0.3 is 9.80 Å². The molecule has 4 rings (SSSR count). The second-order valence-electron chi connectivity index (χ2n) is 7.39. The van der Waals surface area contributed by atoms with Gasteiger partial charge in [0.2, 0.25) is 5.91 Å². The van der Waals surface area contributed by atoms with E-state index in [4.69, 9.17) is 11.6 Å². The summed E-state index contributed by atoms with van der Waals surface area (Å²) < 4.78 is 14.6. The van der Waals surface area contributed by atoms with E-state index < -0.39 is 0 Å². The maximum absolute atomic E-state index is 13.3. The van der Waals surface area contributed by atoms with Crippen LogP contribution in [0.2, 0.25) is 5.02 Å². The summed E-state index contributed by atoms with van der Waals surface area (Å²) in [5, 5.41) is 4.39. The van der Waals surface area contributed by atoms with Gasteiger partial charge in [-0.2, -0.15) is 9.78 Å². The zero-order chi connectivity index (χ0) is 21.8. The van der Waals surface area contributed by atoms with Crippen LogP contribution in [0.1, 0.15) is 12.0 Å². The Kier molecular flexibility index (Phi) is 6.32. The summed E-state index contributed by atoms with van der Waals surface area (Å²) in [6.45, 7) is 2.17. The third-order valence-electron chi connectivity index (χ3n) is 5.39. The number of para-hydroxylation sites is 1. The van der Waals surface area contributed by atoms with E-state index in [2.05, 4.69) is 5.10 Å². The predicted molar refractivity (Wildman–Crippen MR) is 118 cm³/mol. The highest BCUT2D eigenvalue weighted by atomic mass is 35.5. The molecule has 1 fully saturated rings. The van der Waals surface area contributed by atoms with Gasteiger partial charge in [-0.15, -0.1) is 0 Å². The van der Waals surface area contributed by atoms with Gasteiger partial charge in [0.15, 0.2) is 0 Å². The normalized spacial score (nSPS) is 14.0. The molecule has 0 aliphatic carbocycles. The van der Waals surface area contributed by atoms with Crippen LogP contribution in [-0.4, -0.2) is 46.8 Å². The van der Waals surface area contributed by atoms with Crippen molar-refractivity contribution in [2.24, 2.45) is 0 Å². The number of hydrogen-bond donors (Lipinski definition) is 0. The number of nitrogens with zero attached hydrogens (tertiary/aromatic N) is 4. The van der Waals surface area contributed by atoms with E-state index >= 15 is 0 Å². The van der Waals surface area contributed by atoms with Gasteiger partial charge in [-0.05, 0) is 36.2 Å². The topological polar surface area (TPSA) is 58.4 Å².